The maximum Gasteiger partial charge on any atom is 0.00923 e. The van der Waals surface area contributed by atoms with Gasteiger partial charge in [0, 0.05) is 6.04 Å². The molecule has 0 bridgehead atoms. The average Bonchev–Trinajstić information content (AvgIpc) is 2.95. The molecule has 0 amide bonds. The lowest BCUT2D eigenvalue weighted by Gasteiger charge is -2.14. The molecule has 0 saturated heterocycles. The quantitative estimate of drug-likeness (QED) is 0.606. The maximum absolute atomic E-state index is 3.45. The average molecular weight is 201 g/mol. The van der Waals surface area contributed by atoms with E-state index in [-0.39, 0.29) is 0 Å². The van der Waals surface area contributed by atoms with Crippen LogP contribution in [0.4, 0.5) is 0 Å². The lowest BCUT2D eigenvalue weighted by atomic mass is 10.0. The molecule has 1 rings (SSSR count). The summed E-state index contributed by atoms with van der Waals surface area (Å²) in [6.45, 7) is 0. The summed E-state index contributed by atoms with van der Waals surface area (Å²) < 4.78 is 0. The van der Waals surface area contributed by atoms with E-state index < -0.39 is 0 Å². The van der Waals surface area contributed by atoms with Gasteiger partial charge in [0.05, 0.1) is 0 Å². The van der Waals surface area contributed by atoms with Gasteiger partial charge in [0.2, 0.25) is 0 Å². The van der Waals surface area contributed by atoms with Gasteiger partial charge in [-0.2, -0.15) is 11.8 Å². The Morgan fingerprint density at radius 1 is 1.31 bits per heavy atom. The van der Waals surface area contributed by atoms with Crippen LogP contribution in [0.25, 0.3) is 0 Å². The number of hydrogen-bond acceptors (Lipinski definition) is 2. The Bertz CT molecular complexity index is 123. The smallest absolute Gasteiger partial charge is 0.00923 e. The summed E-state index contributed by atoms with van der Waals surface area (Å²) in [7, 11) is 2.12. The normalized spacial score (nSPS) is 18.9. The molecule has 1 nitrogen and oxygen atoms in total. The van der Waals surface area contributed by atoms with Crippen molar-refractivity contribution < 1.29 is 0 Å². The molecule has 78 valence electrons. The van der Waals surface area contributed by atoms with Gasteiger partial charge in [-0.05, 0) is 50.7 Å². The van der Waals surface area contributed by atoms with Crippen molar-refractivity contribution in [1.82, 2.24) is 5.32 Å². The highest BCUT2D eigenvalue weighted by Crippen LogP contribution is 2.34. The second kappa shape index (κ2) is 6.72. The molecule has 1 unspecified atom stereocenters. The summed E-state index contributed by atoms with van der Waals surface area (Å²) in [5.74, 6) is 2.36. The van der Waals surface area contributed by atoms with Gasteiger partial charge in [-0.3, -0.25) is 0 Å². The Labute approximate surface area is 87.1 Å². The van der Waals surface area contributed by atoms with E-state index in [2.05, 4.69) is 18.6 Å². The molecule has 0 heterocycles. The highest BCUT2D eigenvalue weighted by Gasteiger charge is 2.29. The Balaban J connectivity index is 1.90. The molecule has 0 spiro atoms. The lowest BCUT2D eigenvalue weighted by Crippen LogP contribution is -2.27. The second-order valence-electron chi connectivity index (χ2n) is 4.07. The van der Waals surface area contributed by atoms with Crippen molar-refractivity contribution in [2.75, 3.05) is 19.1 Å². The molecule has 0 aromatic carbocycles. The molecule has 0 radical (unpaired) electrons. The number of rotatable bonds is 8. The third-order valence-electron chi connectivity index (χ3n) is 2.93. The largest absolute Gasteiger partial charge is 0.317 e. The Hall–Kier alpha value is 0.310. The third kappa shape index (κ3) is 4.92. The van der Waals surface area contributed by atoms with E-state index in [0.29, 0.717) is 0 Å². The number of nitrogens with one attached hydrogen (secondary N) is 1. The van der Waals surface area contributed by atoms with Gasteiger partial charge in [-0.25, -0.2) is 0 Å². The summed E-state index contributed by atoms with van der Waals surface area (Å²) >= 11 is 1.97. The summed E-state index contributed by atoms with van der Waals surface area (Å²) in [5.41, 5.74) is 0. The van der Waals surface area contributed by atoms with Crippen LogP contribution in [0.5, 0.6) is 0 Å². The maximum atomic E-state index is 3.45. The molecule has 1 atom stereocenters. The van der Waals surface area contributed by atoms with Crippen LogP contribution in [0.3, 0.4) is 0 Å². The molecule has 1 aliphatic carbocycles. The van der Waals surface area contributed by atoms with Gasteiger partial charge in [0.25, 0.3) is 0 Å². The van der Waals surface area contributed by atoms with Crippen molar-refractivity contribution in [2.45, 2.75) is 44.6 Å². The molecule has 0 aliphatic heterocycles. The van der Waals surface area contributed by atoms with Gasteiger partial charge in [0.15, 0.2) is 0 Å². The van der Waals surface area contributed by atoms with Crippen LogP contribution in [-0.2, 0) is 0 Å². The van der Waals surface area contributed by atoms with Crippen LogP contribution in [0.1, 0.15) is 38.5 Å². The summed E-state index contributed by atoms with van der Waals surface area (Å²) in [6.07, 6.45) is 10.8. The predicted octanol–water partition coefficient (Wildman–Crippen LogP) is 2.91. The van der Waals surface area contributed by atoms with E-state index in [1.165, 1.54) is 44.3 Å². The Morgan fingerprint density at radius 2 is 2.08 bits per heavy atom. The van der Waals surface area contributed by atoms with Crippen LogP contribution in [0.2, 0.25) is 0 Å². The minimum atomic E-state index is 0.828. The topological polar surface area (TPSA) is 12.0 Å². The first-order valence-electron chi connectivity index (χ1n) is 5.54. The van der Waals surface area contributed by atoms with E-state index >= 15 is 0 Å². The first-order chi connectivity index (χ1) is 6.38. The van der Waals surface area contributed by atoms with Crippen LogP contribution in [-0.4, -0.2) is 25.1 Å². The molecule has 1 N–H and O–H groups in total. The summed E-state index contributed by atoms with van der Waals surface area (Å²) in [5, 5.41) is 3.45. The van der Waals surface area contributed by atoms with Gasteiger partial charge < -0.3 is 5.32 Å². The van der Waals surface area contributed by atoms with E-state index in [1.54, 1.807) is 0 Å². The molecule has 1 saturated carbocycles. The molecular weight excluding hydrogens is 178 g/mol. The summed E-state index contributed by atoms with van der Waals surface area (Å²) in [6, 6.07) is 0.828. The number of thioether (sulfide) groups is 1. The summed E-state index contributed by atoms with van der Waals surface area (Å²) in [4.78, 5) is 0. The zero-order chi connectivity index (χ0) is 9.52. The van der Waals surface area contributed by atoms with Crippen LogP contribution >= 0.6 is 11.8 Å². The Kier molecular flexibility index (Phi) is 5.88. The molecule has 1 fully saturated rings. The van der Waals surface area contributed by atoms with Crippen molar-refractivity contribution in [3.05, 3.63) is 0 Å². The third-order valence-corrected chi connectivity index (χ3v) is 3.62. The zero-order valence-electron chi connectivity index (χ0n) is 9.01. The SMILES string of the molecule is CNC(CCCCCSC)C1CC1. The van der Waals surface area contributed by atoms with Crippen LogP contribution in [0, 0.1) is 5.92 Å². The van der Waals surface area contributed by atoms with E-state index in [4.69, 9.17) is 0 Å². The van der Waals surface area contributed by atoms with Gasteiger partial charge in [0.1, 0.15) is 0 Å². The van der Waals surface area contributed by atoms with Crippen molar-refractivity contribution >= 4 is 11.8 Å². The molecule has 0 aromatic rings. The van der Waals surface area contributed by atoms with Crippen LogP contribution < -0.4 is 5.32 Å². The highest BCUT2D eigenvalue weighted by molar-refractivity contribution is 7.98. The van der Waals surface area contributed by atoms with Crippen molar-refractivity contribution in [1.29, 1.82) is 0 Å². The molecule has 1 aliphatic rings. The van der Waals surface area contributed by atoms with Crippen molar-refractivity contribution in [3.63, 3.8) is 0 Å². The van der Waals surface area contributed by atoms with Gasteiger partial charge in [-0.1, -0.05) is 12.8 Å². The predicted molar refractivity (Wildman–Crippen MR) is 62.4 cm³/mol. The standard InChI is InChI=1S/C11H23NS/c1-12-11(10-7-8-10)6-4-3-5-9-13-2/h10-12H,3-9H2,1-2H3. The van der Waals surface area contributed by atoms with Gasteiger partial charge in [-0.15, -0.1) is 0 Å². The molecule has 0 aromatic heterocycles. The molecular formula is C11H23NS. The van der Waals surface area contributed by atoms with Crippen molar-refractivity contribution in [3.8, 4) is 0 Å². The zero-order valence-corrected chi connectivity index (χ0v) is 9.83. The Morgan fingerprint density at radius 3 is 2.62 bits per heavy atom. The lowest BCUT2D eigenvalue weighted by molar-refractivity contribution is 0.448. The molecule has 2 heteroatoms. The highest BCUT2D eigenvalue weighted by atomic mass is 32.2. The second-order valence-corrected chi connectivity index (χ2v) is 5.06. The fraction of sp³-hybridized carbons (Fsp3) is 1.00. The monoisotopic (exact) mass is 201 g/mol. The minimum Gasteiger partial charge on any atom is -0.317 e. The van der Waals surface area contributed by atoms with E-state index in [1.807, 2.05) is 11.8 Å². The first-order valence-corrected chi connectivity index (χ1v) is 6.94. The molecule has 13 heavy (non-hydrogen) atoms. The fourth-order valence-electron chi connectivity index (χ4n) is 1.90. The number of hydrogen-bond donors (Lipinski definition) is 1. The van der Waals surface area contributed by atoms with E-state index in [0.717, 1.165) is 12.0 Å². The van der Waals surface area contributed by atoms with Crippen LogP contribution in [0.15, 0.2) is 0 Å². The first kappa shape index (κ1) is 11.4. The fourth-order valence-corrected chi connectivity index (χ4v) is 2.39. The minimum absolute atomic E-state index is 0.828. The van der Waals surface area contributed by atoms with E-state index in [9.17, 15) is 0 Å². The van der Waals surface area contributed by atoms with Gasteiger partial charge >= 0.3 is 0 Å². The number of unbranched alkanes of at least 4 members (excludes halogenated alkanes) is 2. The van der Waals surface area contributed by atoms with Crippen molar-refractivity contribution in [2.24, 2.45) is 5.92 Å².